The number of allylic oxidation sites excluding steroid dienone is 1. The van der Waals surface area contributed by atoms with Gasteiger partial charge in [-0.2, -0.15) is 0 Å². The van der Waals surface area contributed by atoms with Gasteiger partial charge in [0.25, 0.3) is 5.91 Å². The van der Waals surface area contributed by atoms with Crippen molar-refractivity contribution in [3.63, 3.8) is 0 Å². The maximum Gasteiger partial charge on any atom is 0.408 e. The number of aliphatic hydroxyl groups is 1. The minimum absolute atomic E-state index is 0.0463. The molecule has 4 N–H and O–H groups in total. The van der Waals surface area contributed by atoms with Gasteiger partial charge in [0.1, 0.15) is 23.2 Å². The second-order valence-corrected chi connectivity index (χ2v) is 14.1. The summed E-state index contributed by atoms with van der Waals surface area (Å²) in [5, 5.41) is 15.2. The average molecular weight is 569 g/mol. The minimum atomic E-state index is -3.83. The summed E-state index contributed by atoms with van der Waals surface area (Å²) in [5.74, 6) is -2.35. The Hall–Kier alpha value is -2.67. The van der Waals surface area contributed by atoms with Crippen LogP contribution >= 0.6 is 0 Å². The quantitative estimate of drug-likeness (QED) is 0.362. The van der Waals surface area contributed by atoms with Crippen molar-refractivity contribution in [2.75, 3.05) is 6.54 Å². The van der Waals surface area contributed by atoms with Crippen LogP contribution in [0.2, 0.25) is 0 Å². The molecule has 218 valence electrons. The summed E-state index contributed by atoms with van der Waals surface area (Å²) in [5.41, 5.74) is -2.22. The van der Waals surface area contributed by atoms with Crippen LogP contribution in [0.3, 0.4) is 0 Å². The second kappa shape index (κ2) is 11.1. The van der Waals surface area contributed by atoms with Crippen molar-refractivity contribution in [1.29, 1.82) is 0 Å². The van der Waals surface area contributed by atoms with E-state index in [0.717, 1.165) is 12.8 Å². The van der Waals surface area contributed by atoms with Gasteiger partial charge in [-0.15, -0.1) is 0 Å². The first-order chi connectivity index (χ1) is 18.2. The van der Waals surface area contributed by atoms with Crippen LogP contribution in [0.1, 0.15) is 78.6 Å². The molecule has 2 heterocycles. The third kappa shape index (κ3) is 7.10. The third-order valence-corrected chi connectivity index (χ3v) is 9.37. The zero-order chi connectivity index (χ0) is 28.6. The van der Waals surface area contributed by atoms with Crippen molar-refractivity contribution in [1.82, 2.24) is 20.3 Å². The highest BCUT2D eigenvalue weighted by Crippen LogP contribution is 2.46. The molecule has 13 heteroatoms. The van der Waals surface area contributed by atoms with Gasteiger partial charge >= 0.3 is 6.09 Å². The van der Waals surface area contributed by atoms with Gasteiger partial charge < -0.3 is 25.4 Å². The lowest BCUT2D eigenvalue weighted by Crippen LogP contribution is -2.58. The Morgan fingerprint density at radius 2 is 1.87 bits per heavy atom. The molecule has 1 unspecified atom stereocenters. The SMILES string of the molecule is CC(C)(C)OC(=O)N[C@H]1CCCCC/C=C/[C@@H]2CC2(C(=O)NS(=O)(=O)C2CC2)NC(=O)[C@@H]2C[C@@H](O)CN2C1=O. The molecule has 4 amide bonds. The summed E-state index contributed by atoms with van der Waals surface area (Å²) >= 11 is 0. The standard InChI is InChI=1S/C26H40N4O8S/c1-25(2,3)38-24(35)27-19-10-8-6-4-5-7-9-16-14-26(16,23(34)29-39(36,37)18-11-12-18)28-21(32)20-13-17(31)15-30(20)22(19)33/h7,9,16-20,31H,4-6,8,10-15H2,1-3H3,(H,27,35)(H,28,32)(H,29,34)/b9-7+/t16-,17-,19+,20+,26?/m1/s1. The van der Waals surface area contributed by atoms with E-state index in [4.69, 9.17) is 4.74 Å². The van der Waals surface area contributed by atoms with E-state index in [0.29, 0.717) is 32.1 Å². The molecule has 4 aliphatic rings. The van der Waals surface area contributed by atoms with Crippen LogP contribution in [0.15, 0.2) is 12.2 Å². The lowest BCUT2D eigenvalue weighted by molar-refractivity contribution is -0.141. The summed E-state index contributed by atoms with van der Waals surface area (Å²) < 4.78 is 32.4. The fraction of sp³-hybridized carbons (Fsp3) is 0.769. The Kier molecular flexibility index (Phi) is 8.32. The highest BCUT2D eigenvalue weighted by molar-refractivity contribution is 7.91. The Morgan fingerprint density at radius 3 is 2.54 bits per heavy atom. The third-order valence-electron chi connectivity index (χ3n) is 7.55. The fourth-order valence-electron chi connectivity index (χ4n) is 5.23. The summed E-state index contributed by atoms with van der Waals surface area (Å²) in [6.07, 6.45) is 6.46. The van der Waals surface area contributed by atoms with Crippen molar-refractivity contribution < 1.29 is 37.4 Å². The molecule has 1 saturated heterocycles. The second-order valence-electron chi connectivity index (χ2n) is 12.1. The lowest BCUT2D eigenvalue weighted by atomic mass is 10.0. The Labute approximate surface area is 229 Å². The molecule has 0 aromatic carbocycles. The normalized spacial score (nSPS) is 33.0. The number of fused-ring (bicyclic) bond motifs is 2. The molecule has 12 nitrogen and oxygen atoms in total. The van der Waals surface area contributed by atoms with Gasteiger partial charge in [-0.25, -0.2) is 13.2 Å². The van der Waals surface area contributed by atoms with E-state index in [2.05, 4.69) is 15.4 Å². The number of rotatable bonds is 4. The molecule has 39 heavy (non-hydrogen) atoms. The molecule has 0 radical (unpaired) electrons. The summed E-state index contributed by atoms with van der Waals surface area (Å²) in [4.78, 5) is 54.1. The van der Waals surface area contributed by atoms with Gasteiger partial charge in [0.2, 0.25) is 21.8 Å². The Bertz CT molecular complexity index is 1130. The van der Waals surface area contributed by atoms with Crippen LogP contribution in [0, 0.1) is 5.92 Å². The number of hydrogen-bond donors (Lipinski definition) is 4. The maximum absolute atomic E-state index is 13.6. The number of amides is 4. The molecule has 3 fully saturated rings. The van der Waals surface area contributed by atoms with E-state index >= 15 is 0 Å². The van der Waals surface area contributed by atoms with E-state index in [1.54, 1.807) is 20.8 Å². The first-order valence-electron chi connectivity index (χ1n) is 13.7. The molecule has 0 bridgehead atoms. The first-order valence-corrected chi connectivity index (χ1v) is 15.3. The number of aliphatic hydroxyl groups excluding tert-OH is 1. The lowest BCUT2D eigenvalue weighted by Gasteiger charge is -2.30. The molecule has 0 aromatic heterocycles. The Balaban J connectivity index is 1.57. The molecule has 0 spiro atoms. The summed E-state index contributed by atoms with van der Waals surface area (Å²) in [6.45, 7) is 5.02. The van der Waals surface area contributed by atoms with Crippen LogP contribution in [0.4, 0.5) is 4.79 Å². The van der Waals surface area contributed by atoms with Crippen LogP contribution in [0.5, 0.6) is 0 Å². The summed E-state index contributed by atoms with van der Waals surface area (Å²) in [7, 11) is -3.83. The van der Waals surface area contributed by atoms with Gasteiger partial charge in [0.05, 0.1) is 11.4 Å². The molecule has 0 aromatic rings. The highest BCUT2D eigenvalue weighted by Gasteiger charge is 2.62. The van der Waals surface area contributed by atoms with E-state index < -0.39 is 74.3 Å². The fourth-order valence-corrected chi connectivity index (χ4v) is 6.59. The van der Waals surface area contributed by atoms with E-state index in [1.165, 1.54) is 4.90 Å². The number of hydrogen-bond acceptors (Lipinski definition) is 8. The van der Waals surface area contributed by atoms with E-state index in [-0.39, 0.29) is 19.4 Å². The average Bonchev–Trinajstić information content (AvgIpc) is 3.73. The van der Waals surface area contributed by atoms with Gasteiger partial charge in [-0.05, 0) is 59.3 Å². The van der Waals surface area contributed by atoms with Gasteiger partial charge in [0.15, 0.2) is 0 Å². The molecular formula is C26H40N4O8S. The monoisotopic (exact) mass is 568 g/mol. The minimum Gasteiger partial charge on any atom is -0.444 e. The van der Waals surface area contributed by atoms with E-state index in [9.17, 15) is 32.7 Å². The van der Waals surface area contributed by atoms with Gasteiger partial charge in [-0.3, -0.25) is 19.1 Å². The number of carbonyl (C=O) groups excluding carboxylic acids is 4. The van der Waals surface area contributed by atoms with Crippen LogP contribution in [0.25, 0.3) is 0 Å². The maximum atomic E-state index is 13.6. The number of sulfonamides is 1. The molecule has 2 saturated carbocycles. The van der Waals surface area contributed by atoms with Crippen molar-refractivity contribution in [3.8, 4) is 0 Å². The number of carbonyl (C=O) groups is 4. The predicted octanol–water partition coefficient (Wildman–Crippen LogP) is 0.845. The molecule has 2 aliphatic heterocycles. The number of ether oxygens (including phenoxy) is 1. The zero-order valence-corrected chi connectivity index (χ0v) is 23.6. The summed E-state index contributed by atoms with van der Waals surface area (Å²) in [6, 6.07) is -2.05. The van der Waals surface area contributed by atoms with Crippen molar-refractivity contribution in [2.45, 2.75) is 113 Å². The number of alkyl carbamates (subject to hydrolysis) is 1. The molecular weight excluding hydrogens is 528 g/mol. The molecule has 2 aliphatic carbocycles. The van der Waals surface area contributed by atoms with Crippen LogP contribution in [-0.2, 0) is 29.1 Å². The zero-order valence-electron chi connectivity index (χ0n) is 22.8. The van der Waals surface area contributed by atoms with Crippen molar-refractivity contribution in [2.24, 2.45) is 5.92 Å². The molecule has 5 atom stereocenters. The van der Waals surface area contributed by atoms with E-state index in [1.807, 2.05) is 12.2 Å². The topological polar surface area (TPSA) is 171 Å². The predicted molar refractivity (Wildman–Crippen MR) is 141 cm³/mol. The Morgan fingerprint density at radius 1 is 1.15 bits per heavy atom. The first kappa shape index (κ1) is 29.3. The largest absolute Gasteiger partial charge is 0.444 e. The highest BCUT2D eigenvalue weighted by atomic mass is 32.2. The number of nitrogens with zero attached hydrogens (tertiary/aromatic N) is 1. The van der Waals surface area contributed by atoms with Gasteiger partial charge in [-0.1, -0.05) is 25.0 Å². The number of nitrogens with one attached hydrogen (secondary N) is 3. The van der Waals surface area contributed by atoms with Crippen LogP contribution < -0.4 is 15.4 Å². The smallest absolute Gasteiger partial charge is 0.408 e. The van der Waals surface area contributed by atoms with Crippen molar-refractivity contribution in [3.05, 3.63) is 12.2 Å². The van der Waals surface area contributed by atoms with Crippen molar-refractivity contribution >= 4 is 33.8 Å². The molecule has 4 rings (SSSR count). The van der Waals surface area contributed by atoms with Gasteiger partial charge in [0, 0.05) is 18.9 Å². The van der Waals surface area contributed by atoms with Crippen LogP contribution in [-0.4, -0.2) is 83.4 Å².